The van der Waals surface area contributed by atoms with Gasteiger partial charge in [0.05, 0.1) is 6.10 Å². The van der Waals surface area contributed by atoms with Crippen LogP contribution in [0.1, 0.15) is 77.6 Å². The lowest BCUT2D eigenvalue weighted by molar-refractivity contribution is -0.137. The fourth-order valence-electron chi connectivity index (χ4n) is 3.08. The molecule has 1 rings (SSSR count). The number of aliphatic hydroxyl groups excluding tert-OH is 1. The summed E-state index contributed by atoms with van der Waals surface area (Å²) in [6, 6.07) is 0. The van der Waals surface area contributed by atoms with E-state index in [4.69, 9.17) is 5.11 Å². The second kappa shape index (κ2) is 12.3. The topological polar surface area (TPSA) is 57.5 Å². The quantitative estimate of drug-likeness (QED) is 0.345. The summed E-state index contributed by atoms with van der Waals surface area (Å²) in [6.07, 6.45) is 19.2. The molecule has 0 spiro atoms. The minimum atomic E-state index is -0.675. The molecule has 1 aliphatic carbocycles. The van der Waals surface area contributed by atoms with Gasteiger partial charge in [-0.3, -0.25) is 4.79 Å². The zero-order chi connectivity index (χ0) is 16.9. The van der Waals surface area contributed by atoms with E-state index in [2.05, 4.69) is 13.0 Å². The highest BCUT2D eigenvalue weighted by Gasteiger charge is 2.34. The summed E-state index contributed by atoms with van der Waals surface area (Å²) in [5.41, 5.74) is 0. The van der Waals surface area contributed by atoms with Crippen LogP contribution in [-0.2, 0) is 4.79 Å². The first-order valence-corrected chi connectivity index (χ1v) is 9.36. The maximum absolute atomic E-state index is 10.4. The Morgan fingerprint density at radius 1 is 1.13 bits per heavy atom. The van der Waals surface area contributed by atoms with Crippen LogP contribution in [0.15, 0.2) is 24.3 Å². The maximum atomic E-state index is 10.4. The molecule has 0 amide bonds. The van der Waals surface area contributed by atoms with Crippen molar-refractivity contribution < 1.29 is 15.0 Å². The van der Waals surface area contributed by atoms with E-state index < -0.39 is 5.97 Å². The zero-order valence-corrected chi connectivity index (χ0v) is 14.6. The van der Waals surface area contributed by atoms with Crippen molar-refractivity contribution in [3.8, 4) is 0 Å². The number of aliphatic hydroxyl groups is 1. The molecular weight excluding hydrogens is 288 g/mol. The Morgan fingerprint density at radius 3 is 2.65 bits per heavy atom. The van der Waals surface area contributed by atoms with Crippen LogP contribution in [0.3, 0.4) is 0 Å². The van der Waals surface area contributed by atoms with Crippen molar-refractivity contribution in [3.05, 3.63) is 24.3 Å². The summed E-state index contributed by atoms with van der Waals surface area (Å²) in [5.74, 6) is 1.02. The third kappa shape index (κ3) is 11.1. The van der Waals surface area contributed by atoms with Crippen molar-refractivity contribution in [1.29, 1.82) is 0 Å². The Kier molecular flexibility index (Phi) is 10.7. The second-order valence-electron chi connectivity index (χ2n) is 6.85. The van der Waals surface area contributed by atoms with E-state index in [0.717, 1.165) is 43.9 Å². The Morgan fingerprint density at radius 2 is 1.91 bits per heavy atom. The van der Waals surface area contributed by atoms with E-state index in [9.17, 15) is 9.90 Å². The molecule has 3 nitrogen and oxygen atoms in total. The molecule has 0 radical (unpaired) electrons. The highest BCUT2D eigenvalue weighted by Crippen LogP contribution is 2.45. The number of rotatable bonds is 14. The summed E-state index contributed by atoms with van der Waals surface area (Å²) < 4.78 is 0. The number of carboxylic acid groups (broad SMARTS) is 1. The van der Waals surface area contributed by atoms with Gasteiger partial charge in [0.25, 0.3) is 0 Å². The first-order chi connectivity index (χ1) is 11.1. The SMILES string of the molecule is CCCCC[C@@H](O)C=CC=CCC[C@H]1C[C@H]1CCCCC(=O)O. The minimum absolute atomic E-state index is 0.301. The highest BCUT2D eigenvalue weighted by atomic mass is 16.4. The lowest BCUT2D eigenvalue weighted by Crippen LogP contribution is -2.00. The van der Waals surface area contributed by atoms with E-state index in [1.54, 1.807) is 0 Å². The predicted octanol–water partition coefficient (Wildman–Crippen LogP) is 5.10. The van der Waals surface area contributed by atoms with E-state index >= 15 is 0 Å². The minimum Gasteiger partial charge on any atom is -0.481 e. The number of hydrogen-bond acceptors (Lipinski definition) is 2. The Labute approximate surface area is 141 Å². The average Bonchev–Trinajstić information content (AvgIpc) is 3.26. The van der Waals surface area contributed by atoms with Crippen molar-refractivity contribution in [1.82, 2.24) is 0 Å². The molecule has 0 aliphatic heterocycles. The highest BCUT2D eigenvalue weighted by molar-refractivity contribution is 5.66. The molecule has 23 heavy (non-hydrogen) atoms. The number of carbonyl (C=O) groups is 1. The Balaban J connectivity index is 1.95. The van der Waals surface area contributed by atoms with Crippen LogP contribution in [0.4, 0.5) is 0 Å². The van der Waals surface area contributed by atoms with Gasteiger partial charge in [0.15, 0.2) is 0 Å². The fourth-order valence-corrected chi connectivity index (χ4v) is 3.08. The second-order valence-corrected chi connectivity index (χ2v) is 6.85. The maximum Gasteiger partial charge on any atom is 0.303 e. The molecule has 1 aliphatic rings. The molecule has 0 unspecified atom stereocenters. The molecule has 0 aromatic rings. The molecule has 0 bridgehead atoms. The predicted molar refractivity (Wildman–Crippen MR) is 95.4 cm³/mol. The lowest BCUT2D eigenvalue weighted by atomic mass is 10.1. The number of allylic oxidation sites excluding steroid dienone is 3. The number of unbranched alkanes of at least 4 members (excludes halogenated alkanes) is 3. The van der Waals surface area contributed by atoms with E-state index in [-0.39, 0.29) is 6.10 Å². The molecule has 0 aromatic heterocycles. The van der Waals surface area contributed by atoms with Crippen LogP contribution in [0.2, 0.25) is 0 Å². The van der Waals surface area contributed by atoms with Gasteiger partial charge in [-0.15, -0.1) is 0 Å². The van der Waals surface area contributed by atoms with Gasteiger partial charge in [-0.25, -0.2) is 0 Å². The molecular formula is C20H34O3. The summed E-state index contributed by atoms with van der Waals surface area (Å²) in [7, 11) is 0. The van der Waals surface area contributed by atoms with Crippen molar-refractivity contribution in [2.45, 2.75) is 83.7 Å². The normalized spacial score (nSPS) is 22.0. The summed E-state index contributed by atoms with van der Waals surface area (Å²) in [6.45, 7) is 2.17. The average molecular weight is 322 g/mol. The zero-order valence-electron chi connectivity index (χ0n) is 14.6. The van der Waals surface area contributed by atoms with Gasteiger partial charge in [-0.2, -0.15) is 0 Å². The number of hydrogen-bond donors (Lipinski definition) is 2. The monoisotopic (exact) mass is 322 g/mol. The Hall–Kier alpha value is -1.09. The lowest BCUT2D eigenvalue weighted by Gasteiger charge is -2.03. The number of carboxylic acids is 1. The fraction of sp³-hybridized carbons (Fsp3) is 0.750. The van der Waals surface area contributed by atoms with Crippen LogP contribution in [-0.4, -0.2) is 22.3 Å². The molecule has 3 heteroatoms. The van der Waals surface area contributed by atoms with Crippen molar-refractivity contribution >= 4 is 5.97 Å². The van der Waals surface area contributed by atoms with Crippen LogP contribution in [0.25, 0.3) is 0 Å². The smallest absolute Gasteiger partial charge is 0.303 e. The molecule has 132 valence electrons. The molecule has 3 atom stereocenters. The van der Waals surface area contributed by atoms with Gasteiger partial charge in [-0.05, 0) is 43.9 Å². The molecule has 0 saturated heterocycles. The van der Waals surface area contributed by atoms with Crippen molar-refractivity contribution in [2.24, 2.45) is 11.8 Å². The summed E-state index contributed by atoms with van der Waals surface area (Å²) in [4.78, 5) is 10.4. The van der Waals surface area contributed by atoms with Gasteiger partial charge >= 0.3 is 5.97 Å². The van der Waals surface area contributed by atoms with Crippen LogP contribution < -0.4 is 0 Å². The Bertz CT molecular complexity index is 373. The first-order valence-electron chi connectivity index (χ1n) is 9.36. The van der Waals surface area contributed by atoms with Crippen LogP contribution in [0.5, 0.6) is 0 Å². The van der Waals surface area contributed by atoms with E-state index in [1.807, 2.05) is 18.2 Å². The van der Waals surface area contributed by atoms with Gasteiger partial charge in [0, 0.05) is 6.42 Å². The summed E-state index contributed by atoms with van der Waals surface area (Å²) >= 11 is 0. The standard InChI is InChI=1S/C20H34O3/c1-2-3-6-13-19(21)14-8-5-4-7-11-17-16-18(17)12-9-10-15-20(22)23/h4-5,8,14,17-19,21H,2-3,6-7,9-13,15-16H2,1H3,(H,22,23)/t17-,18+,19+/m0/s1. The van der Waals surface area contributed by atoms with Gasteiger partial charge in [0.1, 0.15) is 0 Å². The van der Waals surface area contributed by atoms with Gasteiger partial charge in [0.2, 0.25) is 0 Å². The first kappa shape index (κ1) is 20.0. The van der Waals surface area contributed by atoms with Gasteiger partial charge in [-0.1, -0.05) is 63.3 Å². The van der Waals surface area contributed by atoms with Crippen molar-refractivity contribution in [3.63, 3.8) is 0 Å². The van der Waals surface area contributed by atoms with Crippen LogP contribution >= 0.6 is 0 Å². The molecule has 2 N–H and O–H groups in total. The summed E-state index contributed by atoms with van der Waals surface area (Å²) in [5, 5.41) is 18.3. The van der Waals surface area contributed by atoms with Crippen LogP contribution in [0, 0.1) is 11.8 Å². The molecule has 1 saturated carbocycles. The van der Waals surface area contributed by atoms with Gasteiger partial charge < -0.3 is 10.2 Å². The molecule has 1 fully saturated rings. The van der Waals surface area contributed by atoms with E-state index in [1.165, 1.54) is 32.1 Å². The largest absolute Gasteiger partial charge is 0.481 e. The molecule has 0 heterocycles. The van der Waals surface area contributed by atoms with Crippen molar-refractivity contribution in [2.75, 3.05) is 0 Å². The third-order valence-corrected chi connectivity index (χ3v) is 4.67. The number of aliphatic carboxylic acids is 1. The third-order valence-electron chi connectivity index (χ3n) is 4.67. The van der Waals surface area contributed by atoms with E-state index in [0.29, 0.717) is 6.42 Å². The molecule has 0 aromatic carbocycles.